The average molecular weight is 193 g/mol. The highest BCUT2D eigenvalue weighted by atomic mass is 16.3. The molecule has 2 heterocycles. The van der Waals surface area contributed by atoms with Crippen LogP contribution < -0.4 is 11.3 Å². The highest BCUT2D eigenvalue weighted by Gasteiger charge is 2.14. The molecule has 0 fully saturated rings. The van der Waals surface area contributed by atoms with Crippen LogP contribution in [0.1, 0.15) is 17.6 Å². The molecule has 6 heteroatoms. The molecular formula is C8H11N5O. The van der Waals surface area contributed by atoms with Crippen molar-refractivity contribution in [3.8, 4) is 0 Å². The van der Waals surface area contributed by atoms with E-state index >= 15 is 0 Å². The normalized spacial score (nSPS) is 12.9. The van der Waals surface area contributed by atoms with Gasteiger partial charge in [0, 0.05) is 6.42 Å². The summed E-state index contributed by atoms with van der Waals surface area (Å²) in [5.41, 5.74) is 2.65. The number of nitrogens with one attached hydrogen (secondary N) is 2. The SMILES string of the molecule is NNC(Cc1ccco1)c1ncn[nH]1. The lowest BCUT2D eigenvalue weighted by Crippen LogP contribution is -2.30. The van der Waals surface area contributed by atoms with Crippen molar-refractivity contribution in [2.24, 2.45) is 5.84 Å². The highest BCUT2D eigenvalue weighted by Crippen LogP contribution is 2.13. The first kappa shape index (κ1) is 8.92. The molecule has 1 atom stereocenters. The van der Waals surface area contributed by atoms with Gasteiger partial charge in [-0.25, -0.2) is 10.4 Å². The van der Waals surface area contributed by atoms with E-state index in [2.05, 4.69) is 20.6 Å². The first-order valence-corrected chi connectivity index (χ1v) is 4.24. The standard InChI is InChI=1S/C8H11N5O/c9-12-7(8-10-5-11-13-8)4-6-2-1-3-14-6/h1-3,5,7,12H,4,9H2,(H,10,11,13). The van der Waals surface area contributed by atoms with Crippen LogP contribution in [0, 0.1) is 0 Å². The summed E-state index contributed by atoms with van der Waals surface area (Å²) in [5.74, 6) is 6.95. The third-order valence-corrected chi connectivity index (χ3v) is 1.95. The molecule has 0 radical (unpaired) electrons. The van der Waals surface area contributed by atoms with Crippen molar-refractivity contribution in [2.75, 3.05) is 0 Å². The Balaban J connectivity index is 2.08. The summed E-state index contributed by atoms with van der Waals surface area (Å²) in [6, 6.07) is 3.62. The zero-order valence-electron chi connectivity index (χ0n) is 7.47. The molecule has 2 rings (SSSR count). The van der Waals surface area contributed by atoms with Crippen molar-refractivity contribution in [3.63, 3.8) is 0 Å². The number of rotatable bonds is 4. The molecule has 74 valence electrons. The average Bonchev–Trinajstić information content (AvgIpc) is 2.86. The summed E-state index contributed by atoms with van der Waals surface area (Å²) >= 11 is 0. The van der Waals surface area contributed by atoms with E-state index < -0.39 is 0 Å². The number of nitrogens with two attached hydrogens (primary N) is 1. The van der Waals surface area contributed by atoms with Crippen LogP contribution in [0.3, 0.4) is 0 Å². The summed E-state index contributed by atoms with van der Waals surface area (Å²) in [6.45, 7) is 0. The fourth-order valence-corrected chi connectivity index (χ4v) is 1.25. The minimum absolute atomic E-state index is 0.108. The van der Waals surface area contributed by atoms with Gasteiger partial charge in [0.15, 0.2) is 0 Å². The quantitative estimate of drug-likeness (QED) is 0.474. The molecule has 6 nitrogen and oxygen atoms in total. The van der Waals surface area contributed by atoms with E-state index in [1.54, 1.807) is 6.26 Å². The summed E-state index contributed by atoms with van der Waals surface area (Å²) < 4.78 is 5.21. The van der Waals surface area contributed by atoms with E-state index in [9.17, 15) is 0 Å². The van der Waals surface area contributed by atoms with Crippen LogP contribution in [0.5, 0.6) is 0 Å². The maximum atomic E-state index is 5.40. The zero-order valence-corrected chi connectivity index (χ0v) is 7.47. The lowest BCUT2D eigenvalue weighted by molar-refractivity contribution is 0.444. The van der Waals surface area contributed by atoms with Gasteiger partial charge < -0.3 is 4.42 Å². The van der Waals surface area contributed by atoms with Crippen LogP contribution in [0.15, 0.2) is 29.1 Å². The Labute approximate surface area is 80.5 Å². The second-order valence-corrected chi connectivity index (χ2v) is 2.87. The van der Waals surface area contributed by atoms with Crippen LogP contribution in [-0.4, -0.2) is 15.2 Å². The Morgan fingerprint density at radius 3 is 3.14 bits per heavy atom. The van der Waals surface area contributed by atoms with E-state index in [4.69, 9.17) is 10.3 Å². The van der Waals surface area contributed by atoms with Gasteiger partial charge in [-0.2, -0.15) is 5.10 Å². The lowest BCUT2D eigenvalue weighted by Gasteiger charge is -2.10. The molecule has 0 saturated carbocycles. The molecule has 0 spiro atoms. The van der Waals surface area contributed by atoms with Gasteiger partial charge in [-0.05, 0) is 12.1 Å². The van der Waals surface area contributed by atoms with E-state index in [0.29, 0.717) is 12.2 Å². The monoisotopic (exact) mass is 193 g/mol. The van der Waals surface area contributed by atoms with Gasteiger partial charge in [0.05, 0.1) is 12.3 Å². The van der Waals surface area contributed by atoms with Gasteiger partial charge in [0.1, 0.15) is 17.9 Å². The van der Waals surface area contributed by atoms with Gasteiger partial charge in [-0.15, -0.1) is 0 Å². The second-order valence-electron chi connectivity index (χ2n) is 2.87. The molecule has 0 amide bonds. The van der Waals surface area contributed by atoms with E-state index in [1.807, 2.05) is 12.1 Å². The number of nitrogens with zero attached hydrogens (tertiary/aromatic N) is 2. The van der Waals surface area contributed by atoms with Crippen LogP contribution in [0.4, 0.5) is 0 Å². The Morgan fingerprint density at radius 1 is 1.64 bits per heavy atom. The maximum absolute atomic E-state index is 5.40. The first-order chi connectivity index (χ1) is 6.90. The van der Waals surface area contributed by atoms with E-state index in [-0.39, 0.29) is 6.04 Å². The van der Waals surface area contributed by atoms with Crippen LogP contribution in [0.2, 0.25) is 0 Å². The summed E-state index contributed by atoms with van der Waals surface area (Å²) in [5, 5.41) is 6.51. The number of hydrazine groups is 1. The molecule has 0 aromatic carbocycles. The smallest absolute Gasteiger partial charge is 0.143 e. The number of H-pyrrole nitrogens is 1. The van der Waals surface area contributed by atoms with Gasteiger partial charge in [0.2, 0.25) is 0 Å². The molecule has 0 saturated heterocycles. The molecule has 2 aromatic heterocycles. The Bertz CT molecular complexity index is 355. The lowest BCUT2D eigenvalue weighted by atomic mass is 10.2. The van der Waals surface area contributed by atoms with Crippen molar-refractivity contribution in [3.05, 3.63) is 36.3 Å². The molecule has 0 aliphatic heterocycles. The molecule has 0 aliphatic rings. The minimum Gasteiger partial charge on any atom is -0.469 e. The number of aromatic amines is 1. The Kier molecular flexibility index (Phi) is 2.57. The molecule has 4 N–H and O–H groups in total. The number of furan rings is 1. The van der Waals surface area contributed by atoms with Gasteiger partial charge >= 0.3 is 0 Å². The van der Waals surface area contributed by atoms with Gasteiger partial charge in [-0.1, -0.05) is 0 Å². The Morgan fingerprint density at radius 2 is 2.57 bits per heavy atom. The topological polar surface area (TPSA) is 92.8 Å². The van der Waals surface area contributed by atoms with Crippen molar-refractivity contribution in [1.29, 1.82) is 0 Å². The van der Waals surface area contributed by atoms with E-state index in [0.717, 1.165) is 5.76 Å². The predicted octanol–water partition coefficient (Wildman–Crippen LogP) is 0.145. The van der Waals surface area contributed by atoms with Crippen molar-refractivity contribution in [1.82, 2.24) is 20.6 Å². The first-order valence-electron chi connectivity index (χ1n) is 4.24. The Hall–Kier alpha value is -1.66. The summed E-state index contributed by atoms with van der Waals surface area (Å²) in [7, 11) is 0. The number of hydrogen-bond acceptors (Lipinski definition) is 5. The molecule has 2 aromatic rings. The molecule has 0 bridgehead atoms. The predicted molar refractivity (Wildman–Crippen MR) is 48.9 cm³/mol. The zero-order chi connectivity index (χ0) is 9.80. The largest absolute Gasteiger partial charge is 0.469 e. The highest BCUT2D eigenvalue weighted by molar-refractivity contribution is 5.04. The van der Waals surface area contributed by atoms with Crippen molar-refractivity contribution in [2.45, 2.75) is 12.5 Å². The van der Waals surface area contributed by atoms with Crippen LogP contribution in [-0.2, 0) is 6.42 Å². The molecule has 1 unspecified atom stereocenters. The molecular weight excluding hydrogens is 182 g/mol. The third kappa shape index (κ3) is 1.81. The second kappa shape index (κ2) is 4.03. The van der Waals surface area contributed by atoms with Gasteiger partial charge in [-0.3, -0.25) is 10.9 Å². The van der Waals surface area contributed by atoms with E-state index in [1.165, 1.54) is 6.33 Å². The third-order valence-electron chi connectivity index (χ3n) is 1.95. The summed E-state index contributed by atoms with van der Waals surface area (Å²) in [6.07, 6.45) is 3.71. The number of hydrogen-bond donors (Lipinski definition) is 3. The minimum atomic E-state index is -0.108. The fraction of sp³-hybridized carbons (Fsp3) is 0.250. The summed E-state index contributed by atoms with van der Waals surface area (Å²) in [4.78, 5) is 4.02. The van der Waals surface area contributed by atoms with Crippen LogP contribution in [0.25, 0.3) is 0 Å². The molecule has 0 aliphatic carbocycles. The molecule has 14 heavy (non-hydrogen) atoms. The fourth-order valence-electron chi connectivity index (χ4n) is 1.25. The van der Waals surface area contributed by atoms with Crippen LogP contribution >= 0.6 is 0 Å². The maximum Gasteiger partial charge on any atom is 0.143 e. The number of aromatic nitrogens is 3. The van der Waals surface area contributed by atoms with Crippen molar-refractivity contribution >= 4 is 0 Å². The van der Waals surface area contributed by atoms with Crippen molar-refractivity contribution < 1.29 is 4.42 Å². The van der Waals surface area contributed by atoms with Gasteiger partial charge in [0.25, 0.3) is 0 Å².